The average molecular weight is 417 g/mol. The van der Waals surface area contributed by atoms with E-state index in [1.165, 1.54) is 34.7 Å². The predicted molar refractivity (Wildman–Crippen MR) is 97.9 cm³/mol. The number of nitrogens with one attached hydrogen (secondary N) is 1. The second kappa shape index (κ2) is 7.36. The molecule has 0 aliphatic heterocycles. The number of ether oxygens (including phenoxy) is 1. The number of benzene rings is 1. The van der Waals surface area contributed by atoms with E-state index in [2.05, 4.69) is 26.2 Å². The van der Waals surface area contributed by atoms with Gasteiger partial charge in [-0.1, -0.05) is 0 Å². The summed E-state index contributed by atoms with van der Waals surface area (Å²) in [6, 6.07) is 10.1. The summed E-state index contributed by atoms with van der Waals surface area (Å²) in [5.41, 5.74) is 6.29. The first kappa shape index (κ1) is 17.6. The van der Waals surface area contributed by atoms with Crippen molar-refractivity contribution < 1.29 is 14.3 Å². The number of carbonyl (C=O) groups excluding carboxylic acids is 2. The standard InChI is InChI=1S/C17H13BrN4O4/c18-11-3-6-14-20-13(7-15(23)22(14)8-11)9-26-16(24)10-1-4-12(5-2-10)21-17(19)25/h1-8H,9H2,(H3,19,21,25). The molecular formula is C17H13BrN4O4. The SMILES string of the molecule is NC(=O)Nc1ccc(C(=O)OCc2cc(=O)n3cc(Br)ccc3n2)cc1. The van der Waals surface area contributed by atoms with Gasteiger partial charge in [-0.3, -0.25) is 9.20 Å². The number of nitrogens with zero attached hydrogens (tertiary/aromatic N) is 2. The number of aromatic nitrogens is 2. The number of rotatable bonds is 4. The highest BCUT2D eigenvalue weighted by Crippen LogP contribution is 2.12. The van der Waals surface area contributed by atoms with E-state index in [0.29, 0.717) is 22.6 Å². The highest BCUT2D eigenvalue weighted by molar-refractivity contribution is 9.10. The van der Waals surface area contributed by atoms with Crippen molar-refractivity contribution in [3.05, 3.63) is 74.7 Å². The molecule has 0 saturated carbocycles. The van der Waals surface area contributed by atoms with Crippen molar-refractivity contribution in [2.75, 3.05) is 5.32 Å². The zero-order valence-corrected chi connectivity index (χ0v) is 14.9. The molecule has 0 radical (unpaired) electrons. The lowest BCUT2D eigenvalue weighted by Crippen LogP contribution is -2.19. The molecule has 2 heterocycles. The molecule has 0 fully saturated rings. The maximum Gasteiger partial charge on any atom is 0.338 e. The molecule has 8 nitrogen and oxygen atoms in total. The molecule has 3 rings (SSSR count). The van der Waals surface area contributed by atoms with Crippen LogP contribution in [0.25, 0.3) is 5.65 Å². The molecule has 0 aliphatic rings. The van der Waals surface area contributed by atoms with E-state index >= 15 is 0 Å². The molecule has 2 amide bonds. The van der Waals surface area contributed by atoms with Crippen molar-refractivity contribution in [3.8, 4) is 0 Å². The van der Waals surface area contributed by atoms with Gasteiger partial charge in [0.1, 0.15) is 12.3 Å². The van der Waals surface area contributed by atoms with Crippen molar-refractivity contribution in [2.24, 2.45) is 5.73 Å². The maximum atomic E-state index is 12.1. The minimum atomic E-state index is -0.693. The van der Waals surface area contributed by atoms with Crippen LogP contribution in [0.5, 0.6) is 0 Å². The van der Waals surface area contributed by atoms with E-state index < -0.39 is 12.0 Å². The van der Waals surface area contributed by atoms with E-state index in [4.69, 9.17) is 10.5 Å². The van der Waals surface area contributed by atoms with E-state index in [1.807, 2.05) is 0 Å². The van der Waals surface area contributed by atoms with Crippen molar-refractivity contribution in [1.82, 2.24) is 9.38 Å². The van der Waals surface area contributed by atoms with Crippen LogP contribution in [0.1, 0.15) is 16.1 Å². The average Bonchev–Trinajstić information content (AvgIpc) is 2.60. The van der Waals surface area contributed by atoms with Crippen LogP contribution >= 0.6 is 15.9 Å². The number of hydrogen-bond acceptors (Lipinski definition) is 5. The Morgan fingerprint density at radius 2 is 1.92 bits per heavy atom. The topological polar surface area (TPSA) is 116 Å². The van der Waals surface area contributed by atoms with Crippen LogP contribution in [0.3, 0.4) is 0 Å². The first-order valence-electron chi connectivity index (χ1n) is 7.44. The first-order chi connectivity index (χ1) is 12.4. The minimum absolute atomic E-state index is 0.137. The molecule has 0 spiro atoms. The van der Waals surface area contributed by atoms with Crippen molar-refractivity contribution in [1.29, 1.82) is 0 Å². The van der Waals surface area contributed by atoms with Crippen molar-refractivity contribution >= 4 is 39.3 Å². The second-order valence-corrected chi connectivity index (χ2v) is 6.22. The van der Waals surface area contributed by atoms with Crippen LogP contribution in [-0.4, -0.2) is 21.4 Å². The second-order valence-electron chi connectivity index (χ2n) is 5.30. The van der Waals surface area contributed by atoms with Gasteiger partial charge < -0.3 is 15.8 Å². The molecule has 0 unspecified atom stereocenters. The number of anilines is 1. The van der Waals surface area contributed by atoms with Crippen LogP contribution in [0.15, 0.2) is 57.9 Å². The summed E-state index contributed by atoms with van der Waals surface area (Å²) < 4.78 is 7.33. The monoisotopic (exact) mass is 416 g/mol. The molecule has 2 aromatic heterocycles. The molecular weight excluding hydrogens is 404 g/mol. The summed E-state index contributed by atoms with van der Waals surface area (Å²) >= 11 is 3.29. The Labute approximate surface area is 155 Å². The smallest absolute Gasteiger partial charge is 0.338 e. The fourth-order valence-corrected chi connectivity index (χ4v) is 2.59. The summed E-state index contributed by atoms with van der Waals surface area (Å²) in [6.07, 6.45) is 1.61. The maximum absolute atomic E-state index is 12.1. The highest BCUT2D eigenvalue weighted by atomic mass is 79.9. The van der Waals surface area contributed by atoms with Crippen LogP contribution in [0.4, 0.5) is 10.5 Å². The van der Waals surface area contributed by atoms with E-state index in [9.17, 15) is 14.4 Å². The van der Waals surface area contributed by atoms with Gasteiger partial charge in [0.25, 0.3) is 5.56 Å². The molecule has 3 aromatic rings. The number of amides is 2. The zero-order valence-electron chi connectivity index (χ0n) is 13.3. The van der Waals surface area contributed by atoms with Gasteiger partial charge in [-0.25, -0.2) is 14.6 Å². The molecule has 0 atom stereocenters. The number of hydrogen-bond donors (Lipinski definition) is 2. The van der Waals surface area contributed by atoms with E-state index in [-0.39, 0.29) is 12.2 Å². The summed E-state index contributed by atoms with van der Waals surface area (Å²) in [5.74, 6) is -0.576. The minimum Gasteiger partial charge on any atom is -0.456 e. The largest absolute Gasteiger partial charge is 0.456 e. The number of pyridine rings is 1. The van der Waals surface area contributed by atoms with Gasteiger partial charge >= 0.3 is 12.0 Å². The molecule has 0 bridgehead atoms. The Morgan fingerprint density at radius 1 is 1.19 bits per heavy atom. The van der Waals surface area contributed by atoms with E-state index in [0.717, 1.165) is 4.47 Å². The zero-order chi connectivity index (χ0) is 18.7. The van der Waals surface area contributed by atoms with Gasteiger partial charge in [0.15, 0.2) is 0 Å². The molecule has 0 aliphatic carbocycles. The number of esters is 1. The van der Waals surface area contributed by atoms with Gasteiger partial charge in [-0.2, -0.15) is 0 Å². The van der Waals surface area contributed by atoms with E-state index in [1.54, 1.807) is 18.3 Å². The van der Waals surface area contributed by atoms with Crippen LogP contribution < -0.4 is 16.6 Å². The lowest BCUT2D eigenvalue weighted by molar-refractivity contribution is 0.0467. The molecule has 9 heteroatoms. The third-order valence-corrected chi connectivity index (χ3v) is 3.88. The Kier molecular flexibility index (Phi) is 4.99. The number of urea groups is 1. The number of fused-ring (bicyclic) bond motifs is 1. The Hall–Kier alpha value is -3.20. The van der Waals surface area contributed by atoms with Crippen LogP contribution in [0, 0.1) is 0 Å². The van der Waals surface area contributed by atoms with Gasteiger partial charge in [0, 0.05) is 22.4 Å². The summed E-state index contributed by atoms with van der Waals surface area (Å²) in [4.78, 5) is 39.3. The lowest BCUT2D eigenvalue weighted by Gasteiger charge is -2.07. The quantitative estimate of drug-likeness (QED) is 0.632. The predicted octanol–water partition coefficient (Wildman–Crippen LogP) is 2.30. The van der Waals surface area contributed by atoms with Gasteiger partial charge in [0.05, 0.1) is 11.3 Å². The summed E-state index contributed by atoms with van der Waals surface area (Å²) in [7, 11) is 0. The number of primary amides is 1. The normalized spacial score (nSPS) is 10.5. The molecule has 1 aromatic carbocycles. The molecule has 26 heavy (non-hydrogen) atoms. The molecule has 3 N–H and O–H groups in total. The highest BCUT2D eigenvalue weighted by Gasteiger charge is 2.10. The lowest BCUT2D eigenvalue weighted by atomic mass is 10.2. The van der Waals surface area contributed by atoms with Gasteiger partial charge in [-0.15, -0.1) is 0 Å². The number of carbonyl (C=O) groups is 2. The van der Waals surface area contributed by atoms with Crippen LogP contribution in [0.2, 0.25) is 0 Å². The molecule has 0 saturated heterocycles. The Balaban J connectivity index is 1.71. The Bertz CT molecular complexity index is 1050. The van der Waals surface area contributed by atoms with Crippen LogP contribution in [-0.2, 0) is 11.3 Å². The number of nitrogens with two attached hydrogens (primary N) is 1. The summed E-state index contributed by atoms with van der Waals surface area (Å²) in [6.45, 7) is -0.137. The Morgan fingerprint density at radius 3 is 2.62 bits per heavy atom. The van der Waals surface area contributed by atoms with Gasteiger partial charge in [-0.05, 0) is 52.3 Å². The third kappa shape index (κ3) is 4.06. The fourth-order valence-electron chi connectivity index (χ4n) is 2.25. The van der Waals surface area contributed by atoms with Gasteiger partial charge in [0.2, 0.25) is 0 Å². The fraction of sp³-hybridized carbons (Fsp3) is 0.0588. The van der Waals surface area contributed by atoms with Crippen molar-refractivity contribution in [2.45, 2.75) is 6.61 Å². The molecule has 132 valence electrons. The first-order valence-corrected chi connectivity index (χ1v) is 8.23. The third-order valence-electron chi connectivity index (χ3n) is 3.42. The summed E-state index contributed by atoms with van der Waals surface area (Å²) in [5, 5.41) is 2.39. The number of halogens is 1. The van der Waals surface area contributed by atoms with Crippen molar-refractivity contribution in [3.63, 3.8) is 0 Å².